The molecule has 1 amide bonds. The van der Waals surface area contributed by atoms with Gasteiger partial charge >= 0.3 is 0 Å². The molecule has 1 N–H and O–H groups in total. The molecule has 0 aliphatic rings. The largest absolute Gasteiger partial charge is 0.443 e. The lowest BCUT2D eigenvalue weighted by atomic mass is 10.1. The van der Waals surface area contributed by atoms with E-state index in [0.717, 1.165) is 0 Å². The number of aryl methyl sites for hydroxylation is 1. The molecule has 1 heterocycles. The molecule has 78 valence electrons. The van der Waals surface area contributed by atoms with Crippen molar-refractivity contribution in [1.82, 2.24) is 0 Å². The fraction of sp³-hybridized carbons (Fsp3) is 0.300. The second-order valence-electron chi connectivity index (χ2n) is 3.09. The van der Waals surface area contributed by atoms with Crippen LogP contribution in [0.3, 0.4) is 0 Å². The number of nitriles is 1. The van der Waals surface area contributed by atoms with Crippen LogP contribution in [0.5, 0.6) is 0 Å². The van der Waals surface area contributed by atoms with Gasteiger partial charge in [-0.25, -0.2) is 0 Å². The van der Waals surface area contributed by atoms with Crippen molar-refractivity contribution in [1.29, 1.82) is 5.26 Å². The molecule has 5 heteroatoms. The number of ketones is 1. The molecule has 0 fully saturated rings. The molecule has 0 saturated heterocycles. The van der Waals surface area contributed by atoms with Gasteiger partial charge in [0.15, 0.2) is 5.78 Å². The molecule has 1 aromatic heterocycles. The normalized spacial score (nSPS) is 9.47. The summed E-state index contributed by atoms with van der Waals surface area (Å²) in [6, 6.07) is 1.84. The van der Waals surface area contributed by atoms with E-state index in [4.69, 9.17) is 9.68 Å². The zero-order valence-electron chi connectivity index (χ0n) is 8.67. The predicted octanol–water partition coefficient (Wildman–Crippen LogP) is 1.62. The van der Waals surface area contributed by atoms with Crippen LogP contribution < -0.4 is 5.32 Å². The number of carbonyl (C=O) groups excluding carboxylic acids is 2. The summed E-state index contributed by atoms with van der Waals surface area (Å²) < 4.78 is 5.13. The van der Waals surface area contributed by atoms with Crippen molar-refractivity contribution in [2.45, 2.75) is 20.8 Å². The highest BCUT2D eigenvalue weighted by atomic mass is 16.4. The maximum Gasteiger partial charge on any atom is 0.223 e. The van der Waals surface area contributed by atoms with Crippen LogP contribution in [0.2, 0.25) is 0 Å². The number of amides is 1. The Balaban J connectivity index is 3.32. The van der Waals surface area contributed by atoms with Gasteiger partial charge in [0, 0.05) is 6.92 Å². The van der Waals surface area contributed by atoms with Crippen LogP contribution in [-0.2, 0) is 4.79 Å². The Hall–Kier alpha value is -2.09. The van der Waals surface area contributed by atoms with E-state index in [1.54, 1.807) is 6.92 Å². The average molecular weight is 206 g/mol. The van der Waals surface area contributed by atoms with Crippen molar-refractivity contribution >= 4 is 17.6 Å². The first-order chi connectivity index (χ1) is 6.97. The summed E-state index contributed by atoms with van der Waals surface area (Å²) in [5.74, 6) is -0.241. The number of nitrogens with zero attached hydrogens (tertiary/aromatic N) is 1. The van der Waals surface area contributed by atoms with Crippen molar-refractivity contribution in [2.24, 2.45) is 0 Å². The summed E-state index contributed by atoms with van der Waals surface area (Å²) in [6.45, 7) is 4.21. The molecule has 0 radical (unpaired) electrons. The SMILES string of the molecule is CC(=O)Nc1oc(C)c(C(C)=O)c1C#N. The predicted molar refractivity (Wildman–Crippen MR) is 52.5 cm³/mol. The standard InChI is InChI=1S/C10H10N2O3/c1-5(13)9-6(2)15-10(8(9)4-11)12-7(3)14/h1-3H3,(H,12,14). The van der Waals surface area contributed by atoms with E-state index in [-0.39, 0.29) is 28.7 Å². The first kappa shape index (κ1) is 11.0. The van der Waals surface area contributed by atoms with Crippen LogP contribution in [0, 0.1) is 18.3 Å². The zero-order valence-corrected chi connectivity index (χ0v) is 8.67. The van der Waals surface area contributed by atoms with E-state index >= 15 is 0 Å². The van der Waals surface area contributed by atoms with Crippen LogP contribution in [0.25, 0.3) is 0 Å². The summed E-state index contributed by atoms with van der Waals surface area (Å²) in [7, 11) is 0. The van der Waals surface area contributed by atoms with E-state index in [1.165, 1.54) is 13.8 Å². The summed E-state index contributed by atoms with van der Waals surface area (Å²) in [5.41, 5.74) is 0.302. The van der Waals surface area contributed by atoms with Crippen LogP contribution in [0.1, 0.15) is 35.5 Å². The smallest absolute Gasteiger partial charge is 0.223 e. The van der Waals surface area contributed by atoms with E-state index in [1.807, 2.05) is 6.07 Å². The van der Waals surface area contributed by atoms with Gasteiger partial charge in [-0.3, -0.25) is 14.9 Å². The Morgan fingerprint density at radius 1 is 1.40 bits per heavy atom. The maximum absolute atomic E-state index is 11.2. The third-order valence-electron chi connectivity index (χ3n) is 1.84. The van der Waals surface area contributed by atoms with Gasteiger partial charge in [-0.15, -0.1) is 0 Å². The lowest BCUT2D eigenvalue weighted by molar-refractivity contribution is -0.114. The third kappa shape index (κ3) is 2.05. The summed E-state index contributed by atoms with van der Waals surface area (Å²) in [4.78, 5) is 22.0. The van der Waals surface area contributed by atoms with Crippen molar-refractivity contribution in [2.75, 3.05) is 5.32 Å². The van der Waals surface area contributed by atoms with Crippen molar-refractivity contribution < 1.29 is 14.0 Å². The second kappa shape index (κ2) is 3.96. The molecular weight excluding hydrogens is 196 g/mol. The van der Waals surface area contributed by atoms with Crippen LogP contribution in [0.4, 0.5) is 5.88 Å². The minimum absolute atomic E-state index is 0.0349. The minimum Gasteiger partial charge on any atom is -0.443 e. The minimum atomic E-state index is -0.352. The number of Topliss-reactive ketones (excluding diaryl/α,β-unsaturated/α-hetero) is 1. The molecule has 5 nitrogen and oxygen atoms in total. The Bertz CT molecular complexity index is 466. The Morgan fingerprint density at radius 2 is 2.00 bits per heavy atom. The van der Waals surface area contributed by atoms with E-state index < -0.39 is 0 Å². The van der Waals surface area contributed by atoms with Crippen LogP contribution in [0.15, 0.2) is 4.42 Å². The van der Waals surface area contributed by atoms with Gasteiger partial charge in [0.05, 0.1) is 5.56 Å². The monoisotopic (exact) mass is 206 g/mol. The van der Waals surface area contributed by atoms with Gasteiger partial charge < -0.3 is 4.42 Å². The van der Waals surface area contributed by atoms with Gasteiger partial charge in [-0.05, 0) is 13.8 Å². The molecule has 0 aliphatic heterocycles. The van der Waals surface area contributed by atoms with E-state index in [2.05, 4.69) is 5.32 Å². The van der Waals surface area contributed by atoms with E-state index in [9.17, 15) is 9.59 Å². The highest BCUT2D eigenvalue weighted by Crippen LogP contribution is 2.26. The summed E-state index contributed by atoms with van der Waals surface area (Å²) >= 11 is 0. The molecule has 0 atom stereocenters. The Labute approximate surface area is 86.7 Å². The van der Waals surface area contributed by atoms with Crippen molar-refractivity contribution in [3.05, 3.63) is 16.9 Å². The molecule has 1 rings (SSSR count). The fourth-order valence-corrected chi connectivity index (χ4v) is 1.32. The lowest BCUT2D eigenvalue weighted by Crippen LogP contribution is -2.06. The molecule has 0 bridgehead atoms. The molecular formula is C10H10N2O3. The Kier molecular flexibility index (Phi) is 2.90. The molecule has 0 aliphatic carbocycles. The number of carbonyl (C=O) groups is 2. The highest BCUT2D eigenvalue weighted by Gasteiger charge is 2.21. The lowest BCUT2D eigenvalue weighted by Gasteiger charge is -1.95. The first-order valence-corrected chi connectivity index (χ1v) is 4.29. The van der Waals surface area contributed by atoms with Gasteiger partial charge in [0.1, 0.15) is 17.4 Å². The molecule has 0 saturated carbocycles. The third-order valence-corrected chi connectivity index (χ3v) is 1.84. The number of rotatable bonds is 2. The number of nitrogens with one attached hydrogen (secondary N) is 1. The summed E-state index contributed by atoms with van der Waals surface area (Å²) in [6.07, 6.45) is 0. The number of hydrogen-bond acceptors (Lipinski definition) is 4. The molecule has 1 aromatic rings. The van der Waals surface area contributed by atoms with Crippen molar-refractivity contribution in [3.8, 4) is 6.07 Å². The molecule has 0 unspecified atom stereocenters. The van der Waals surface area contributed by atoms with Gasteiger partial charge in [-0.1, -0.05) is 0 Å². The Morgan fingerprint density at radius 3 is 2.40 bits per heavy atom. The molecule has 15 heavy (non-hydrogen) atoms. The quantitative estimate of drug-likeness (QED) is 0.745. The number of hydrogen-bond donors (Lipinski definition) is 1. The van der Waals surface area contributed by atoms with Gasteiger partial charge in [-0.2, -0.15) is 5.26 Å². The fourth-order valence-electron chi connectivity index (χ4n) is 1.32. The van der Waals surface area contributed by atoms with Gasteiger partial charge in [0.2, 0.25) is 11.8 Å². The topological polar surface area (TPSA) is 83.1 Å². The average Bonchev–Trinajstić information content (AvgIpc) is 2.40. The highest BCUT2D eigenvalue weighted by molar-refractivity contribution is 6.00. The van der Waals surface area contributed by atoms with Gasteiger partial charge in [0.25, 0.3) is 0 Å². The van der Waals surface area contributed by atoms with E-state index in [0.29, 0.717) is 5.76 Å². The van der Waals surface area contributed by atoms with Crippen LogP contribution in [-0.4, -0.2) is 11.7 Å². The summed E-state index contributed by atoms with van der Waals surface area (Å²) in [5, 5.41) is 11.2. The zero-order chi connectivity index (χ0) is 11.6. The molecule has 0 spiro atoms. The van der Waals surface area contributed by atoms with Crippen LogP contribution >= 0.6 is 0 Å². The second-order valence-corrected chi connectivity index (χ2v) is 3.09. The van der Waals surface area contributed by atoms with Crippen molar-refractivity contribution in [3.63, 3.8) is 0 Å². The molecule has 0 aromatic carbocycles. The maximum atomic E-state index is 11.2. The first-order valence-electron chi connectivity index (χ1n) is 4.29. The number of furan rings is 1. The number of anilines is 1.